The summed E-state index contributed by atoms with van der Waals surface area (Å²) in [6, 6.07) is 0.0687. The zero-order valence-electron chi connectivity index (χ0n) is 14.5. The minimum absolute atomic E-state index is 0.0364. The van der Waals surface area contributed by atoms with Crippen LogP contribution in [0.2, 0.25) is 0 Å². The minimum Gasteiger partial charge on any atom is -0.477 e. The molecule has 4 rings (SSSR count). The van der Waals surface area contributed by atoms with Crippen LogP contribution in [0.4, 0.5) is 15.8 Å². The minimum atomic E-state index is -1.33. The fraction of sp³-hybridized carbons (Fsp3) is 0.444. The highest BCUT2D eigenvalue weighted by atomic mass is 19.1. The monoisotopic (exact) mass is 360 g/mol. The number of fused-ring (bicyclic) bond motifs is 1. The van der Waals surface area contributed by atoms with E-state index in [1.807, 2.05) is 4.90 Å². The first-order chi connectivity index (χ1) is 12.3. The van der Waals surface area contributed by atoms with E-state index < -0.39 is 17.2 Å². The predicted molar refractivity (Wildman–Crippen MR) is 97.4 cm³/mol. The molecule has 8 heteroatoms. The van der Waals surface area contributed by atoms with Crippen molar-refractivity contribution in [3.63, 3.8) is 0 Å². The van der Waals surface area contributed by atoms with Crippen molar-refractivity contribution in [2.24, 2.45) is 5.73 Å². The number of pyridine rings is 1. The van der Waals surface area contributed by atoms with Gasteiger partial charge in [-0.3, -0.25) is 4.79 Å². The molecule has 1 saturated carbocycles. The number of aromatic nitrogens is 1. The smallest absolute Gasteiger partial charge is 0.341 e. The molecular weight excluding hydrogens is 339 g/mol. The number of aryl methyl sites for hydroxylation is 1. The van der Waals surface area contributed by atoms with E-state index in [9.17, 15) is 14.7 Å². The van der Waals surface area contributed by atoms with Crippen LogP contribution in [-0.2, 0) is 0 Å². The van der Waals surface area contributed by atoms with Crippen LogP contribution < -0.4 is 21.8 Å². The molecule has 0 unspecified atom stereocenters. The van der Waals surface area contributed by atoms with Gasteiger partial charge in [-0.05, 0) is 31.7 Å². The average Bonchev–Trinajstić information content (AvgIpc) is 3.34. The first-order valence-corrected chi connectivity index (χ1v) is 8.71. The van der Waals surface area contributed by atoms with Gasteiger partial charge >= 0.3 is 5.97 Å². The summed E-state index contributed by atoms with van der Waals surface area (Å²) in [5.41, 5.74) is 12.0. The normalized spacial score (nSPS) is 20.1. The summed E-state index contributed by atoms with van der Waals surface area (Å²) < 4.78 is 16.9. The maximum atomic E-state index is 15.1. The maximum Gasteiger partial charge on any atom is 0.341 e. The standard InChI is InChI=1S/C18H21FN4O3/c1-8-15-12(14(21)13(19)16(8)22-5-4-9(20)6-22)17(24)11(18(25)26)7-23(15)10-2-3-10/h7,9-10H,2-6,20-21H2,1H3,(H,25,26)/t9-/m0/s1. The number of halogens is 1. The highest BCUT2D eigenvalue weighted by Gasteiger charge is 2.32. The molecule has 0 spiro atoms. The van der Waals surface area contributed by atoms with Gasteiger partial charge in [0.15, 0.2) is 5.82 Å². The molecule has 2 aliphatic rings. The Morgan fingerprint density at radius 1 is 1.35 bits per heavy atom. The van der Waals surface area contributed by atoms with Gasteiger partial charge in [-0.15, -0.1) is 0 Å². The Labute approximate surface area is 149 Å². The van der Waals surface area contributed by atoms with Gasteiger partial charge in [0.25, 0.3) is 0 Å². The number of nitrogens with two attached hydrogens (primary N) is 2. The van der Waals surface area contributed by atoms with Crippen molar-refractivity contribution in [3.05, 3.63) is 33.4 Å². The Hall–Kier alpha value is -2.61. The van der Waals surface area contributed by atoms with E-state index in [1.165, 1.54) is 6.20 Å². The quantitative estimate of drug-likeness (QED) is 0.716. The van der Waals surface area contributed by atoms with Crippen LogP contribution in [0.15, 0.2) is 11.0 Å². The van der Waals surface area contributed by atoms with E-state index in [0.717, 1.165) is 19.3 Å². The summed E-state index contributed by atoms with van der Waals surface area (Å²) >= 11 is 0. The number of benzene rings is 1. The van der Waals surface area contributed by atoms with E-state index in [2.05, 4.69) is 0 Å². The number of nitrogens with zero attached hydrogens (tertiary/aromatic N) is 2. The number of carbonyl (C=O) groups is 1. The van der Waals surface area contributed by atoms with Gasteiger partial charge < -0.3 is 26.0 Å². The summed E-state index contributed by atoms with van der Waals surface area (Å²) in [6.07, 6.45) is 3.90. The Kier molecular flexibility index (Phi) is 3.69. The zero-order valence-corrected chi connectivity index (χ0v) is 14.5. The average molecular weight is 360 g/mol. The molecule has 1 aliphatic heterocycles. The number of carboxylic acids is 1. The second-order valence-corrected chi connectivity index (χ2v) is 7.24. The van der Waals surface area contributed by atoms with Crippen LogP contribution in [0, 0.1) is 12.7 Å². The van der Waals surface area contributed by atoms with E-state index in [1.54, 1.807) is 11.5 Å². The fourth-order valence-electron chi connectivity index (χ4n) is 3.94. The lowest BCUT2D eigenvalue weighted by Crippen LogP contribution is -2.28. The van der Waals surface area contributed by atoms with Gasteiger partial charge in [-0.25, -0.2) is 9.18 Å². The Balaban J connectivity index is 2.09. The van der Waals surface area contributed by atoms with Gasteiger partial charge in [0.05, 0.1) is 22.3 Å². The number of aromatic carboxylic acids is 1. The number of carboxylic acid groups (broad SMARTS) is 1. The van der Waals surface area contributed by atoms with Crippen LogP contribution in [-0.4, -0.2) is 34.8 Å². The topological polar surface area (TPSA) is 115 Å². The molecule has 2 heterocycles. The summed E-state index contributed by atoms with van der Waals surface area (Å²) in [7, 11) is 0. The van der Waals surface area contributed by atoms with Crippen molar-refractivity contribution >= 4 is 28.2 Å². The molecule has 7 nitrogen and oxygen atoms in total. The first-order valence-electron chi connectivity index (χ1n) is 8.71. The van der Waals surface area contributed by atoms with Crippen LogP contribution in [0.5, 0.6) is 0 Å². The van der Waals surface area contributed by atoms with Gasteiger partial charge in [0.2, 0.25) is 5.43 Å². The van der Waals surface area contributed by atoms with Crippen molar-refractivity contribution in [1.29, 1.82) is 0 Å². The summed E-state index contributed by atoms with van der Waals surface area (Å²) in [5.74, 6) is -2.01. The maximum absolute atomic E-state index is 15.1. The molecule has 1 aliphatic carbocycles. The second-order valence-electron chi connectivity index (χ2n) is 7.24. The third kappa shape index (κ3) is 2.36. The SMILES string of the molecule is Cc1c(N2CC[C@H](N)C2)c(F)c(N)c2c(=O)c(C(=O)O)cn(C3CC3)c12. The predicted octanol–water partition coefficient (Wildman–Crippen LogP) is 1.60. The van der Waals surface area contributed by atoms with E-state index in [-0.39, 0.29) is 28.7 Å². The fourth-order valence-corrected chi connectivity index (χ4v) is 3.94. The lowest BCUT2D eigenvalue weighted by Gasteiger charge is -2.25. The number of anilines is 2. The molecular formula is C18H21FN4O3. The highest BCUT2D eigenvalue weighted by molar-refractivity contribution is 6.01. The van der Waals surface area contributed by atoms with E-state index in [0.29, 0.717) is 29.9 Å². The third-order valence-electron chi connectivity index (χ3n) is 5.37. The van der Waals surface area contributed by atoms with Crippen LogP contribution in [0.3, 0.4) is 0 Å². The molecule has 0 radical (unpaired) electrons. The molecule has 1 aromatic heterocycles. The van der Waals surface area contributed by atoms with Crippen LogP contribution in [0.25, 0.3) is 10.9 Å². The first kappa shape index (κ1) is 16.8. The van der Waals surface area contributed by atoms with E-state index in [4.69, 9.17) is 11.5 Å². The summed E-state index contributed by atoms with van der Waals surface area (Å²) in [6.45, 7) is 2.89. The molecule has 2 fully saturated rings. The molecule has 26 heavy (non-hydrogen) atoms. The van der Waals surface area contributed by atoms with Crippen molar-refractivity contribution < 1.29 is 14.3 Å². The second kappa shape index (κ2) is 5.70. The number of hydrogen-bond donors (Lipinski definition) is 3. The molecule has 1 saturated heterocycles. The Bertz CT molecular complexity index is 997. The number of hydrogen-bond acceptors (Lipinski definition) is 5. The van der Waals surface area contributed by atoms with E-state index >= 15 is 4.39 Å². The highest BCUT2D eigenvalue weighted by Crippen LogP contribution is 2.42. The molecule has 2 aromatic rings. The van der Waals surface area contributed by atoms with Crippen LogP contribution >= 0.6 is 0 Å². The zero-order chi connectivity index (χ0) is 18.7. The van der Waals surface area contributed by atoms with Crippen molar-refractivity contribution in [2.45, 2.75) is 38.3 Å². The number of rotatable bonds is 3. The van der Waals surface area contributed by atoms with Gasteiger partial charge in [0, 0.05) is 31.4 Å². The molecule has 1 atom stereocenters. The van der Waals surface area contributed by atoms with Crippen molar-refractivity contribution in [1.82, 2.24) is 4.57 Å². The third-order valence-corrected chi connectivity index (χ3v) is 5.37. The van der Waals surface area contributed by atoms with Crippen molar-refractivity contribution in [2.75, 3.05) is 23.7 Å². The van der Waals surface area contributed by atoms with Gasteiger partial charge in [0.1, 0.15) is 5.56 Å². The molecule has 5 N–H and O–H groups in total. The summed E-state index contributed by atoms with van der Waals surface area (Å²) in [5, 5.41) is 9.33. The number of nitrogen functional groups attached to an aromatic ring is 1. The summed E-state index contributed by atoms with van der Waals surface area (Å²) in [4.78, 5) is 26.0. The molecule has 0 bridgehead atoms. The lowest BCUT2D eigenvalue weighted by molar-refractivity contribution is 0.0695. The Morgan fingerprint density at radius 2 is 2.04 bits per heavy atom. The molecule has 138 valence electrons. The van der Waals surface area contributed by atoms with Crippen molar-refractivity contribution in [3.8, 4) is 0 Å². The lowest BCUT2D eigenvalue weighted by atomic mass is 10.0. The molecule has 1 aromatic carbocycles. The van der Waals surface area contributed by atoms with Gasteiger partial charge in [-0.1, -0.05) is 0 Å². The molecule has 0 amide bonds. The Morgan fingerprint density at radius 3 is 2.58 bits per heavy atom. The largest absolute Gasteiger partial charge is 0.477 e. The van der Waals surface area contributed by atoms with Gasteiger partial charge in [-0.2, -0.15) is 0 Å². The van der Waals surface area contributed by atoms with Crippen LogP contribution in [0.1, 0.15) is 41.2 Å².